The lowest BCUT2D eigenvalue weighted by atomic mass is 10.3. The molecule has 2 heteroatoms. The van der Waals surface area contributed by atoms with E-state index in [1.807, 2.05) is 0 Å². The Hall–Kier alpha value is -0.340. The summed E-state index contributed by atoms with van der Waals surface area (Å²) in [5, 5.41) is 11.0. The predicted molar refractivity (Wildman–Crippen MR) is 38.3 cm³/mol. The Morgan fingerprint density at radius 2 is 2.40 bits per heavy atom. The third-order valence-corrected chi connectivity index (χ3v) is 1.81. The fraction of sp³-hybridized carbons (Fsp3) is 0.750. The summed E-state index contributed by atoms with van der Waals surface area (Å²) in [6.07, 6.45) is 3.72. The molecule has 0 N–H and O–H groups in total. The lowest BCUT2D eigenvalue weighted by Crippen LogP contribution is -2.29. The molecule has 57 valence electrons. The first-order valence-electron chi connectivity index (χ1n) is 3.74. The van der Waals surface area contributed by atoms with Crippen LogP contribution in [0.2, 0.25) is 0 Å². The van der Waals surface area contributed by atoms with Crippen molar-refractivity contribution in [2.45, 2.75) is 31.5 Å². The van der Waals surface area contributed by atoms with Gasteiger partial charge in [-0.05, 0) is 19.3 Å². The molecule has 2 atom stereocenters. The van der Waals surface area contributed by atoms with Crippen molar-refractivity contribution < 1.29 is 9.84 Å². The first-order chi connectivity index (χ1) is 4.84. The molecule has 1 radical (unpaired) electrons. The average molecular weight is 143 g/mol. The van der Waals surface area contributed by atoms with Crippen LogP contribution >= 0.6 is 0 Å². The summed E-state index contributed by atoms with van der Waals surface area (Å²) < 4.78 is 5.25. The van der Waals surface area contributed by atoms with Crippen molar-refractivity contribution in [3.05, 3.63) is 12.7 Å². The van der Waals surface area contributed by atoms with Crippen molar-refractivity contribution >= 4 is 0 Å². The van der Waals surface area contributed by atoms with Crippen molar-refractivity contribution in [1.82, 2.24) is 0 Å². The van der Waals surface area contributed by atoms with Gasteiger partial charge < -0.3 is 4.74 Å². The molecule has 1 aliphatic rings. The van der Waals surface area contributed by atoms with E-state index in [1.165, 1.54) is 6.08 Å². The van der Waals surface area contributed by atoms with Crippen LogP contribution in [-0.4, -0.2) is 18.8 Å². The van der Waals surface area contributed by atoms with Crippen LogP contribution in [0.15, 0.2) is 12.7 Å². The van der Waals surface area contributed by atoms with Crippen molar-refractivity contribution in [2.24, 2.45) is 0 Å². The lowest BCUT2D eigenvalue weighted by molar-refractivity contribution is -0.0670. The Bertz CT molecular complexity index is 106. The molecular weight excluding hydrogens is 130 g/mol. The van der Waals surface area contributed by atoms with Gasteiger partial charge >= 0.3 is 0 Å². The second kappa shape index (κ2) is 3.74. The second-order valence-corrected chi connectivity index (χ2v) is 2.61. The third-order valence-electron chi connectivity index (χ3n) is 1.81. The Morgan fingerprint density at radius 1 is 1.60 bits per heavy atom. The maximum Gasteiger partial charge on any atom is 0.137 e. The first kappa shape index (κ1) is 7.76. The number of ether oxygens (including phenoxy) is 1. The summed E-state index contributed by atoms with van der Waals surface area (Å²) >= 11 is 0. The molecule has 1 aliphatic heterocycles. The molecule has 0 aromatic rings. The van der Waals surface area contributed by atoms with E-state index in [9.17, 15) is 5.11 Å². The van der Waals surface area contributed by atoms with Crippen molar-refractivity contribution in [2.75, 3.05) is 6.61 Å². The highest BCUT2D eigenvalue weighted by Gasteiger charge is 2.20. The molecular formula is C8H13O2. The lowest BCUT2D eigenvalue weighted by Gasteiger charge is -2.23. The van der Waals surface area contributed by atoms with Crippen LogP contribution in [0.25, 0.3) is 0 Å². The molecule has 0 aromatic carbocycles. The second-order valence-electron chi connectivity index (χ2n) is 2.61. The van der Waals surface area contributed by atoms with Crippen LogP contribution in [0.5, 0.6) is 0 Å². The molecule has 0 amide bonds. The minimum Gasteiger partial charge on any atom is -0.375 e. The summed E-state index contributed by atoms with van der Waals surface area (Å²) in [6, 6.07) is 0. The van der Waals surface area contributed by atoms with Gasteiger partial charge in [0.2, 0.25) is 0 Å². The molecule has 1 heterocycles. The molecule has 1 rings (SSSR count). The van der Waals surface area contributed by atoms with Gasteiger partial charge in [0.25, 0.3) is 0 Å². The van der Waals surface area contributed by atoms with Gasteiger partial charge in [-0.25, -0.2) is 5.11 Å². The summed E-state index contributed by atoms with van der Waals surface area (Å²) in [5.74, 6) is 0. The highest BCUT2D eigenvalue weighted by atomic mass is 16.7. The molecule has 2 nitrogen and oxygen atoms in total. The Kier molecular flexibility index (Phi) is 2.90. The SMILES string of the molecule is C=CC([O])[14CH]1CCCCO1. The van der Waals surface area contributed by atoms with E-state index in [4.69, 9.17) is 4.74 Å². The predicted octanol–water partition coefficient (Wildman–Crippen LogP) is 1.54. The van der Waals surface area contributed by atoms with E-state index in [-0.39, 0.29) is 6.10 Å². The molecule has 0 spiro atoms. The van der Waals surface area contributed by atoms with Gasteiger partial charge in [0.15, 0.2) is 0 Å². The number of hydrogen-bond donors (Lipinski definition) is 0. The van der Waals surface area contributed by atoms with E-state index < -0.39 is 6.10 Å². The quantitative estimate of drug-likeness (QED) is 0.539. The maximum atomic E-state index is 11.0. The fourth-order valence-electron chi connectivity index (χ4n) is 1.18. The largest absolute Gasteiger partial charge is 0.375 e. The van der Waals surface area contributed by atoms with Crippen LogP contribution in [0, 0.1) is 0 Å². The van der Waals surface area contributed by atoms with Crippen LogP contribution in [0.1, 0.15) is 19.3 Å². The maximum absolute atomic E-state index is 11.0. The third kappa shape index (κ3) is 1.82. The Labute approximate surface area is 61.5 Å². The standard InChI is InChI=1S/C8H13O2/c1-2-7(9)8-5-3-4-6-10-8/h2,7-8H,1,3-6H2/i8+2. The van der Waals surface area contributed by atoms with Crippen LogP contribution < -0.4 is 0 Å². The van der Waals surface area contributed by atoms with Gasteiger partial charge in [0, 0.05) is 6.61 Å². The van der Waals surface area contributed by atoms with Gasteiger partial charge in [-0.3, -0.25) is 0 Å². The van der Waals surface area contributed by atoms with E-state index in [2.05, 4.69) is 6.58 Å². The normalized spacial score (nSPS) is 29.5. The topological polar surface area (TPSA) is 29.1 Å². The van der Waals surface area contributed by atoms with Gasteiger partial charge in [-0.2, -0.15) is 0 Å². The van der Waals surface area contributed by atoms with Gasteiger partial charge in [0.1, 0.15) is 6.10 Å². The molecule has 1 saturated heterocycles. The van der Waals surface area contributed by atoms with Crippen molar-refractivity contribution in [3.8, 4) is 0 Å². The molecule has 1 fully saturated rings. The highest BCUT2D eigenvalue weighted by molar-refractivity contribution is 4.85. The van der Waals surface area contributed by atoms with Crippen molar-refractivity contribution in [1.29, 1.82) is 0 Å². The summed E-state index contributed by atoms with van der Waals surface area (Å²) in [4.78, 5) is 0. The molecule has 0 saturated carbocycles. The Balaban J connectivity index is 2.30. The summed E-state index contributed by atoms with van der Waals surface area (Å²) in [7, 11) is 0. The van der Waals surface area contributed by atoms with Gasteiger partial charge in [0.05, 0.1) is 6.10 Å². The zero-order chi connectivity index (χ0) is 7.40. The zero-order valence-electron chi connectivity index (χ0n) is 6.08. The number of hydrogen-bond acceptors (Lipinski definition) is 1. The van der Waals surface area contributed by atoms with Gasteiger partial charge in [-0.1, -0.05) is 6.08 Å². The van der Waals surface area contributed by atoms with Crippen molar-refractivity contribution in [3.63, 3.8) is 0 Å². The average Bonchev–Trinajstić information content (AvgIpc) is 2.05. The van der Waals surface area contributed by atoms with Gasteiger partial charge in [-0.15, -0.1) is 6.58 Å². The van der Waals surface area contributed by atoms with E-state index in [1.54, 1.807) is 0 Å². The minimum atomic E-state index is -0.722. The molecule has 10 heavy (non-hydrogen) atoms. The van der Waals surface area contributed by atoms with Crippen LogP contribution in [0.3, 0.4) is 0 Å². The van der Waals surface area contributed by atoms with E-state index >= 15 is 0 Å². The molecule has 0 aromatic heterocycles. The molecule has 0 bridgehead atoms. The fourth-order valence-corrected chi connectivity index (χ4v) is 1.18. The molecule has 0 aliphatic carbocycles. The van der Waals surface area contributed by atoms with Crippen LogP contribution in [0.4, 0.5) is 0 Å². The van der Waals surface area contributed by atoms with E-state index in [0.29, 0.717) is 0 Å². The smallest absolute Gasteiger partial charge is 0.137 e. The monoisotopic (exact) mass is 143 g/mol. The summed E-state index contributed by atoms with van der Waals surface area (Å²) in [5.41, 5.74) is 0. The van der Waals surface area contributed by atoms with Crippen LogP contribution in [-0.2, 0) is 9.84 Å². The zero-order valence-corrected chi connectivity index (χ0v) is 6.08. The number of rotatable bonds is 2. The first-order valence-corrected chi connectivity index (χ1v) is 3.74. The van der Waals surface area contributed by atoms with E-state index in [0.717, 1.165) is 25.9 Å². The Morgan fingerprint density at radius 3 is 2.90 bits per heavy atom. The minimum absolute atomic E-state index is 0.105. The summed E-state index contributed by atoms with van der Waals surface area (Å²) in [6.45, 7) is 4.19. The molecule has 2 unspecified atom stereocenters. The highest BCUT2D eigenvalue weighted by Crippen LogP contribution is 2.16.